The molecular formula is C44H68O6Si2. The van der Waals surface area contributed by atoms with E-state index in [9.17, 15) is 14.7 Å². The van der Waals surface area contributed by atoms with E-state index in [0.717, 1.165) is 47.8 Å². The molecule has 0 spiro atoms. The zero-order valence-corrected chi connectivity index (χ0v) is 35.9. The van der Waals surface area contributed by atoms with E-state index in [-0.39, 0.29) is 40.6 Å². The average molecular weight is 749 g/mol. The molecule has 3 fully saturated rings. The summed E-state index contributed by atoms with van der Waals surface area (Å²) in [6.45, 7) is 22.5. The molecule has 288 valence electrons. The average Bonchev–Trinajstić information content (AvgIpc) is 3.50. The first-order valence-electron chi connectivity index (χ1n) is 20.4. The number of Topliss-reactive ketones (excluding diaryl/α,β-unsaturated/α-hetero) is 1. The Morgan fingerprint density at radius 2 is 1.44 bits per heavy atom. The highest BCUT2D eigenvalue weighted by molar-refractivity contribution is 6.99. The van der Waals surface area contributed by atoms with Crippen molar-refractivity contribution in [3.8, 4) is 0 Å². The quantitative estimate of drug-likeness (QED) is 0.163. The Balaban J connectivity index is 1.57. The first-order valence-corrected chi connectivity index (χ1v) is 24.8. The second-order valence-corrected chi connectivity index (χ2v) is 27.1. The smallest absolute Gasteiger partial charge is 0.331 e. The Morgan fingerprint density at radius 3 is 1.94 bits per heavy atom. The molecule has 1 N–H and O–H groups in total. The van der Waals surface area contributed by atoms with E-state index in [0.29, 0.717) is 25.9 Å². The summed E-state index contributed by atoms with van der Waals surface area (Å²) in [7, 11) is -5.00. The van der Waals surface area contributed by atoms with Crippen LogP contribution in [0.15, 0.2) is 60.7 Å². The third-order valence-electron chi connectivity index (χ3n) is 15.2. The third-order valence-corrected chi connectivity index (χ3v) is 24.8. The molecule has 8 atom stereocenters. The van der Waals surface area contributed by atoms with E-state index in [2.05, 4.69) is 93.5 Å². The largest absolute Gasteiger partial charge is 0.460 e. The number of esters is 1. The van der Waals surface area contributed by atoms with Gasteiger partial charge in [0.05, 0.1) is 6.10 Å². The first kappa shape index (κ1) is 41.1. The molecule has 0 amide bonds. The van der Waals surface area contributed by atoms with Gasteiger partial charge in [-0.2, -0.15) is 0 Å². The van der Waals surface area contributed by atoms with E-state index < -0.39 is 45.6 Å². The second kappa shape index (κ2) is 15.6. The molecule has 8 heteroatoms. The number of carbonyl (C=O) groups excluding carboxylic acids is 2. The van der Waals surface area contributed by atoms with Crippen LogP contribution in [0.4, 0.5) is 0 Å². The van der Waals surface area contributed by atoms with Crippen molar-refractivity contribution in [2.75, 3.05) is 13.2 Å². The summed E-state index contributed by atoms with van der Waals surface area (Å²) in [6, 6.07) is 23.8. The van der Waals surface area contributed by atoms with Gasteiger partial charge in [0.25, 0.3) is 8.32 Å². The lowest BCUT2D eigenvalue weighted by Crippen LogP contribution is -2.67. The fraction of sp³-hybridized carbons (Fsp3) is 0.682. The van der Waals surface area contributed by atoms with Gasteiger partial charge in [0.2, 0.25) is 0 Å². The summed E-state index contributed by atoms with van der Waals surface area (Å²) in [6.07, 6.45) is 3.06. The molecule has 2 aromatic rings. The van der Waals surface area contributed by atoms with Crippen LogP contribution >= 0.6 is 0 Å². The van der Waals surface area contributed by atoms with Crippen molar-refractivity contribution in [3.63, 3.8) is 0 Å². The van der Waals surface area contributed by atoms with Crippen LogP contribution in [0.3, 0.4) is 0 Å². The van der Waals surface area contributed by atoms with Crippen LogP contribution in [0.5, 0.6) is 0 Å². The topological polar surface area (TPSA) is 82.1 Å². The lowest BCUT2D eigenvalue weighted by atomic mass is 9.43. The summed E-state index contributed by atoms with van der Waals surface area (Å²) in [4.78, 5) is 28.7. The highest BCUT2D eigenvalue weighted by Crippen LogP contribution is 2.68. The molecule has 0 saturated heterocycles. The molecule has 52 heavy (non-hydrogen) atoms. The van der Waals surface area contributed by atoms with Gasteiger partial charge in [0.1, 0.15) is 18.5 Å². The number of aliphatic hydroxyl groups excluding tert-OH is 1. The van der Waals surface area contributed by atoms with Crippen LogP contribution in [0, 0.1) is 34.0 Å². The maximum Gasteiger partial charge on any atom is 0.331 e. The standard InChI is InChI=1S/C44H68O6Si2/c1-11-43(31-49-51(12-2,13-3)14-4)29-37(42(10)32(5)25-27-44(33(6)40(43)47)28-26-36(45)39(42)44)50-38(46)30-48-52(41(7,8)9,34-21-17-15-18-22-34)35-23-19-16-20-24-35/h15-24,32-33,37,39-40,47H,11-14,25-31H2,1-10H3/t32-,33-,37-,39?,40+,42+,43-,44+/m1/s1. The Kier molecular flexibility index (Phi) is 12.3. The first-order chi connectivity index (χ1) is 24.6. The van der Waals surface area contributed by atoms with Crippen LogP contribution in [-0.4, -0.2) is 58.9 Å². The normalized spacial score (nSPS) is 32.5. The van der Waals surface area contributed by atoms with Gasteiger partial charge < -0.3 is 18.7 Å². The Morgan fingerprint density at radius 1 is 0.885 bits per heavy atom. The van der Waals surface area contributed by atoms with Crippen LogP contribution in [-0.2, 0) is 23.2 Å². The zero-order chi connectivity index (χ0) is 38.2. The molecule has 2 aromatic carbocycles. The minimum absolute atomic E-state index is 0.0737. The number of rotatable bonds is 13. The van der Waals surface area contributed by atoms with Crippen molar-refractivity contribution in [1.29, 1.82) is 0 Å². The molecule has 6 nitrogen and oxygen atoms in total. The zero-order valence-electron chi connectivity index (χ0n) is 33.9. The van der Waals surface area contributed by atoms with Crippen molar-refractivity contribution in [2.24, 2.45) is 34.0 Å². The lowest BCUT2D eigenvalue weighted by molar-refractivity contribution is -0.218. The molecule has 0 aliphatic heterocycles. The minimum atomic E-state index is -3.00. The van der Waals surface area contributed by atoms with E-state index in [4.69, 9.17) is 13.6 Å². The fourth-order valence-electron chi connectivity index (χ4n) is 11.3. The van der Waals surface area contributed by atoms with Gasteiger partial charge in [-0.1, -0.05) is 130 Å². The minimum Gasteiger partial charge on any atom is -0.460 e. The Bertz CT molecular complexity index is 1470. The summed E-state index contributed by atoms with van der Waals surface area (Å²) >= 11 is 0. The number of benzene rings is 2. The van der Waals surface area contributed by atoms with Gasteiger partial charge in [-0.25, -0.2) is 4.79 Å². The Labute approximate surface area is 317 Å². The number of carbonyl (C=O) groups is 2. The van der Waals surface area contributed by atoms with Crippen LogP contribution in [0.25, 0.3) is 0 Å². The van der Waals surface area contributed by atoms with E-state index in [1.165, 1.54) is 0 Å². The van der Waals surface area contributed by atoms with Crippen LogP contribution < -0.4 is 10.4 Å². The van der Waals surface area contributed by atoms with Crippen molar-refractivity contribution in [3.05, 3.63) is 60.7 Å². The summed E-state index contributed by atoms with van der Waals surface area (Å²) in [5.41, 5.74) is -1.53. The van der Waals surface area contributed by atoms with Gasteiger partial charge in [-0.05, 0) is 82.9 Å². The maximum atomic E-state index is 14.5. The highest BCUT2D eigenvalue weighted by atomic mass is 28.4. The monoisotopic (exact) mass is 748 g/mol. The predicted molar refractivity (Wildman–Crippen MR) is 216 cm³/mol. The molecule has 1 unspecified atom stereocenters. The molecule has 3 aliphatic carbocycles. The number of hydrogen-bond donors (Lipinski definition) is 1. The van der Waals surface area contributed by atoms with Gasteiger partial charge in [-0.15, -0.1) is 0 Å². The predicted octanol–water partition coefficient (Wildman–Crippen LogP) is 8.70. The molecule has 5 rings (SSSR count). The lowest BCUT2D eigenvalue weighted by Gasteiger charge is -2.62. The summed E-state index contributed by atoms with van der Waals surface area (Å²) in [5.74, 6) is -0.310. The number of ether oxygens (including phenoxy) is 1. The number of aliphatic hydroxyl groups is 1. The fourth-order valence-corrected chi connectivity index (χ4v) is 18.5. The van der Waals surface area contributed by atoms with Gasteiger partial charge >= 0.3 is 5.97 Å². The van der Waals surface area contributed by atoms with Crippen molar-refractivity contribution in [1.82, 2.24) is 0 Å². The molecule has 0 aromatic heterocycles. The molecule has 3 saturated carbocycles. The van der Waals surface area contributed by atoms with E-state index >= 15 is 0 Å². The third kappa shape index (κ3) is 6.75. The number of hydrogen-bond acceptors (Lipinski definition) is 6. The summed E-state index contributed by atoms with van der Waals surface area (Å²) in [5, 5.41) is 14.6. The van der Waals surface area contributed by atoms with E-state index in [1.54, 1.807) is 0 Å². The SMILES string of the molecule is CC[C@]1(CO[Si](CC)(CC)CC)C[C@@H](OC(=O)CO[Si](c2ccccc2)(c2ccccc2)C(C)(C)C)[C@@]2(C)C3C(=O)CC[C@@]3(CC[C@H]2C)[C@H](C)[C@@H]1O. The van der Waals surface area contributed by atoms with Gasteiger partial charge in [0, 0.05) is 29.8 Å². The number of ketones is 1. The van der Waals surface area contributed by atoms with Crippen LogP contribution in [0.2, 0.25) is 23.2 Å². The van der Waals surface area contributed by atoms with Crippen molar-refractivity contribution in [2.45, 2.75) is 143 Å². The highest BCUT2D eigenvalue weighted by Gasteiger charge is 2.69. The Hall–Kier alpha value is -2.11. The van der Waals surface area contributed by atoms with Gasteiger partial charge in [0.15, 0.2) is 8.32 Å². The maximum absolute atomic E-state index is 14.5. The molecule has 2 bridgehead atoms. The van der Waals surface area contributed by atoms with Crippen molar-refractivity contribution >= 4 is 38.8 Å². The summed E-state index contributed by atoms with van der Waals surface area (Å²) < 4.78 is 21.0. The van der Waals surface area contributed by atoms with Crippen LogP contribution in [0.1, 0.15) is 108 Å². The van der Waals surface area contributed by atoms with Gasteiger partial charge in [-0.3, -0.25) is 4.79 Å². The molecular weight excluding hydrogens is 681 g/mol. The molecule has 0 heterocycles. The molecule has 0 radical (unpaired) electrons. The van der Waals surface area contributed by atoms with E-state index in [1.807, 2.05) is 36.4 Å². The second-order valence-electron chi connectivity index (χ2n) is 18.1. The van der Waals surface area contributed by atoms with Crippen molar-refractivity contribution < 1.29 is 28.3 Å². The molecule has 3 aliphatic rings.